The van der Waals surface area contributed by atoms with Crippen LogP contribution < -0.4 is 9.47 Å². The summed E-state index contributed by atoms with van der Waals surface area (Å²) in [6.45, 7) is 0.620. The highest BCUT2D eigenvalue weighted by Gasteiger charge is 2.18. The summed E-state index contributed by atoms with van der Waals surface area (Å²) in [6.07, 6.45) is 0. The number of likely N-dealkylation sites (N-methyl/N-ethyl adjacent to an activating group) is 1. The van der Waals surface area contributed by atoms with Gasteiger partial charge in [-0.25, -0.2) is 4.79 Å². The summed E-state index contributed by atoms with van der Waals surface area (Å²) < 4.78 is 15.6. The Bertz CT molecular complexity index is 676. The lowest BCUT2D eigenvalue weighted by atomic mass is 10.3. The van der Waals surface area contributed by atoms with Gasteiger partial charge in [0, 0.05) is 7.05 Å². The zero-order valence-electron chi connectivity index (χ0n) is 12.8. The van der Waals surface area contributed by atoms with Gasteiger partial charge in [-0.05, 0) is 36.4 Å². The Morgan fingerprint density at radius 2 is 1.70 bits per heavy atom. The summed E-state index contributed by atoms with van der Waals surface area (Å²) in [6, 6.07) is 9.68. The lowest BCUT2D eigenvalue weighted by Crippen LogP contribution is -2.30. The van der Waals surface area contributed by atoms with Crippen LogP contribution in [-0.4, -0.2) is 49.2 Å². The molecule has 1 N–H and O–H groups in total. The van der Waals surface area contributed by atoms with Gasteiger partial charge in [-0.1, -0.05) is 0 Å². The average Bonchev–Trinajstić information content (AvgIpc) is 3.05. The summed E-state index contributed by atoms with van der Waals surface area (Å²) in [5.74, 6) is -0.509. The molecule has 23 heavy (non-hydrogen) atoms. The third-order valence-corrected chi connectivity index (χ3v) is 3.13. The van der Waals surface area contributed by atoms with Crippen LogP contribution in [-0.2, 0) is 0 Å². The van der Waals surface area contributed by atoms with Crippen molar-refractivity contribution in [2.75, 3.05) is 27.3 Å². The smallest absolute Gasteiger partial charge is 0.371 e. The van der Waals surface area contributed by atoms with Crippen LogP contribution in [0.25, 0.3) is 0 Å². The number of carbonyl (C=O) groups excluding carboxylic acids is 1. The molecule has 0 atom stereocenters. The van der Waals surface area contributed by atoms with E-state index in [0.717, 1.165) is 5.75 Å². The lowest BCUT2D eigenvalue weighted by molar-refractivity contribution is 0.0651. The van der Waals surface area contributed by atoms with Crippen molar-refractivity contribution < 1.29 is 28.6 Å². The van der Waals surface area contributed by atoms with Crippen molar-refractivity contribution in [2.24, 2.45) is 0 Å². The predicted molar refractivity (Wildman–Crippen MR) is 81.1 cm³/mol. The Morgan fingerprint density at radius 3 is 2.26 bits per heavy atom. The molecule has 0 bridgehead atoms. The Labute approximate surface area is 133 Å². The van der Waals surface area contributed by atoms with Crippen molar-refractivity contribution >= 4 is 11.9 Å². The van der Waals surface area contributed by atoms with Crippen LogP contribution in [0.5, 0.6) is 11.5 Å². The SMILES string of the molecule is COc1ccc(OCCN(C)C(=O)c2ccc(C(=O)O)o2)cc1. The van der Waals surface area contributed by atoms with E-state index in [9.17, 15) is 9.59 Å². The molecule has 1 heterocycles. The van der Waals surface area contributed by atoms with Crippen LogP contribution in [0.2, 0.25) is 0 Å². The molecule has 0 aliphatic heterocycles. The molecule has 2 rings (SSSR count). The number of hydrogen-bond acceptors (Lipinski definition) is 5. The summed E-state index contributed by atoms with van der Waals surface area (Å²) in [5.41, 5.74) is 0. The number of rotatable bonds is 7. The molecule has 1 aromatic carbocycles. The largest absolute Gasteiger partial charge is 0.497 e. The number of ether oxygens (including phenoxy) is 2. The van der Waals surface area contributed by atoms with Gasteiger partial charge in [0.1, 0.15) is 18.1 Å². The Kier molecular flexibility index (Phi) is 5.24. The molecule has 1 aromatic heterocycles. The minimum absolute atomic E-state index is 0.0191. The minimum Gasteiger partial charge on any atom is -0.497 e. The van der Waals surface area contributed by atoms with Gasteiger partial charge in [0.25, 0.3) is 5.91 Å². The van der Waals surface area contributed by atoms with Crippen molar-refractivity contribution in [3.8, 4) is 11.5 Å². The second-order valence-corrected chi connectivity index (χ2v) is 4.72. The number of aromatic carboxylic acids is 1. The Morgan fingerprint density at radius 1 is 1.09 bits per heavy atom. The fraction of sp³-hybridized carbons (Fsp3) is 0.250. The van der Waals surface area contributed by atoms with Crippen molar-refractivity contribution in [3.05, 3.63) is 47.9 Å². The zero-order chi connectivity index (χ0) is 16.8. The molecule has 0 saturated carbocycles. The van der Waals surface area contributed by atoms with E-state index in [2.05, 4.69) is 0 Å². The molecule has 0 saturated heterocycles. The second kappa shape index (κ2) is 7.35. The average molecular weight is 319 g/mol. The number of furan rings is 1. The van der Waals surface area contributed by atoms with Gasteiger partial charge in [-0.2, -0.15) is 0 Å². The number of amides is 1. The molecule has 7 heteroatoms. The van der Waals surface area contributed by atoms with Gasteiger partial charge in [-0.3, -0.25) is 4.79 Å². The second-order valence-electron chi connectivity index (χ2n) is 4.72. The molecule has 0 aliphatic rings. The van der Waals surface area contributed by atoms with E-state index in [0.29, 0.717) is 18.9 Å². The number of methoxy groups -OCH3 is 1. The Hall–Kier alpha value is -2.96. The third-order valence-electron chi connectivity index (χ3n) is 3.13. The molecule has 0 aliphatic carbocycles. The number of nitrogens with zero attached hydrogens (tertiary/aromatic N) is 1. The van der Waals surface area contributed by atoms with Gasteiger partial charge in [0.15, 0.2) is 5.76 Å². The molecular weight excluding hydrogens is 302 g/mol. The molecule has 0 fully saturated rings. The van der Waals surface area contributed by atoms with Crippen molar-refractivity contribution in [2.45, 2.75) is 0 Å². The van der Waals surface area contributed by atoms with Crippen molar-refractivity contribution in [3.63, 3.8) is 0 Å². The number of carbonyl (C=O) groups is 2. The van der Waals surface area contributed by atoms with E-state index in [1.807, 2.05) is 0 Å². The van der Waals surface area contributed by atoms with Crippen LogP contribution in [0.15, 0.2) is 40.8 Å². The van der Waals surface area contributed by atoms with E-state index in [4.69, 9.17) is 19.0 Å². The first-order valence-corrected chi connectivity index (χ1v) is 6.86. The number of hydrogen-bond donors (Lipinski definition) is 1. The summed E-state index contributed by atoms with van der Waals surface area (Å²) in [7, 11) is 3.17. The maximum absolute atomic E-state index is 12.1. The van der Waals surface area contributed by atoms with Crippen molar-refractivity contribution in [1.82, 2.24) is 4.90 Å². The maximum atomic E-state index is 12.1. The van der Waals surface area contributed by atoms with Crippen LogP contribution >= 0.6 is 0 Å². The first-order chi connectivity index (χ1) is 11.0. The standard InChI is InChI=1S/C16H17NO6/c1-17(15(18)13-7-8-14(23-13)16(19)20)9-10-22-12-5-3-11(21-2)4-6-12/h3-8H,9-10H2,1-2H3,(H,19,20). The van der Waals surface area contributed by atoms with E-state index in [-0.39, 0.29) is 11.5 Å². The highest BCUT2D eigenvalue weighted by Crippen LogP contribution is 2.17. The summed E-state index contributed by atoms with van der Waals surface area (Å²) in [5, 5.41) is 8.78. The highest BCUT2D eigenvalue weighted by atomic mass is 16.5. The van der Waals surface area contributed by atoms with Gasteiger partial charge >= 0.3 is 5.97 Å². The molecular formula is C16H17NO6. The summed E-state index contributed by atoms with van der Waals surface area (Å²) >= 11 is 0. The van der Waals surface area contributed by atoms with Gasteiger partial charge in [0.05, 0.1) is 13.7 Å². The molecule has 0 spiro atoms. The van der Waals surface area contributed by atoms with E-state index in [1.165, 1.54) is 17.0 Å². The van der Waals surface area contributed by atoms with Gasteiger partial charge in [0.2, 0.25) is 5.76 Å². The quantitative estimate of drug-likeness (QED) is 0.841. The monoisotopic (exact) mass is 319 g/mol. The maximum Gasteiger partial charge on any atom is 0.371 e. The fourth-order valence-electron chi connectivity index (χ4n) is 1.83. The molecule has 7 nitrogen and oxygen atoms in total. The molecule has 1 amide bonds. The molecule has 2 aromatic rings. The lowest BCUT2D eigenvalue weighted by Gasteiger charge is -2.16. The van der Waals surface area contributed by atoms with Crippen LogP contribution in [0.3, 0.4) is 0 Å². The first-order valence-electron chi connectivity index (χ1n) is 6.86. The third kappa shape index (κ3) is 4.26. The topological polar surface area (TPSA) is 89.2 Å². The van der Waals surface area contributed by atoms with Crippen molar-refractivity contribution in [1.29, 1.82) is 0 Å². The summed E-state index contributed by atoms with van der Waals surface area (Å²) in [4.78, 5) is 24.2. The first kappa shape index (κ1) is 16.4. The number of benzene rings is 1. The minimum atomic E-state index is -1.21. The van der Waals surface area contributed by atoms with E-state index in [1.54, 1.807) is 38.4 Å². The van der Waals surface area contributed by atoms with Gasteiger partial charge in [-0.15, -0.1) is 0 Å². The van der Waals surface area contributed by atoms with Crippen LogP contribution in [0.4, 0.5) is 0 Å². The molecule has 0 unspecified atom stereocenters. The molecule has 0 radical (unpaired) electrons. The molecule has 122 valence electrons. The number of carboxylic acids is 1. The van der Waals surface area contributed by atoms with Crippen LogP contribution in [0, 0.1) is 0 Å². The van der Waals surface area contributed by atoms with Gasteiger partial charge < -0.3 is 23.9 Å². The number of carboxylic acid groups (broad SMARTS) is 1. The van der Waals surface area contributed by atoms with Crippen LogP contribution in [0.1, 0.15) is 21.1 Å². The van der Waals surface area contributed by atoms with E-state index >= 15 is 0 Å². The Balaban J connectivity index is 1.84. The fourth-order valence-corrected chi connectivity index (χ4v) is 1.83. The normalized spacial score (nSPS) is 10.2. The highest BCUT2D eigenvalue weighted by molar-refractivity contribution is 5.93. The zero-order valence-corrected chi connectivity index (χ0v) is 12.8. The predicted octanol–water partition coefficient (Wildman–Crippen LogP) is 2.14. The van der Waals surface area contributed by atoms with E-state index < -0.39 is 11.9 Å².